The van der Waals surface area contributed by atoms with Crippen molar-refractivity contribution in [2.45, 2.75) is 32.9 Å². The Morgan fingerprint density at radius 2 is 1.63 bits per heavy atom. The molecule has 0 heterocycles. The molecule has 0 aliphatic rings. The van der Waals surface area contributed by atoms with Gasteiger partial charge in [-0.2, -0.15) is 0 Å². The van der Waals surface area contributed by atoms with Crippen LogP contribution in [0.5, 0.6) is 11.5 Å². The monoisotopic (exact) mass is 271 g/mol. The van der Waals surface area contributed by atoms with Gasteiger partial charge in [0.2, 0.25) is 0 Å². The molecule has 0 aromatic heterocycles. The Kier molecular flexibility index (Phi) is 4.76. The summed E-state index contributed by atoms with van der Waals surface area (Å²) in [6.45, 7) is 5.53. The van der Waals surface area contributed by atoms with Crippen LogP contribution >= 0.6 is 0 Å². The number of benzene rings is 1. The largest absolute Gasteiger partial charge is 0.493 e. The Morgan fingerprint density at radius 3 is 2.05 bits per heavy atom. The first kappa shape index (κ1) is 15.7. The normalized spacial score (nSPS) is 14.9. The lowest BCUT2D eigenvalue weighted by Crippen LogP contribution is -2.37. The number of aliphatic hydroxyl groups excluding tert-OH is 1. The van der Waals surface area contributed by atoms with E-state index in [2.05, 4.69) is 0 Å². The highest BCUT2D eigenvalue weighted by Crippen LogP contribution is 2.35. The molecule has 1 aromatic rings. The van der Waals surface area contributed by atoms with Crippen molar-refractivity contribution in [2.24, 2.45) is 11.1 Å². The van der Waals surface area contributed by atoms with Crippen LogP contribution in [0.2, 0.25) is 0 Å². The average Bonchev–Trinajstić information content (AvgIpc) is 2.35. The number of nitrogens with two attached hydrogens (primary N) is 1. The number of ether oxygens (including phenoxy) is 2. The zero-order chi connectivity index (χ0) is 14.8. The van der Waals surface area contributed by atoms with Crippen LogP contribution in [0.1, 0.15) is 32.4 Å². The molecule has 0 saturated carbocycles. The zero-order valence-corrected chi connectivity index (χ0v) is 12.0. The molecular formula is C14H22FNO3. The Bertz CT molecular complexity index is 443. The van der Waals surface area contributed by atoms with E-state index in [1.54, 1.807) is 0 Å². The van der Waals surface area contributed by atoms with Crippen molar-refractivity contribution >= 4 is 0 Å². The Balaban J connectivity index is 3.20. The van der Waals surface area contributed by atoms with Crippen LogP contribution in [0.25, 0.3) is 0 Å². The molecule has 5 heteroatoms. The van der Waals surface area contributed by atoms with E-state index in [1.165, 1.54) is 26.4 Å². The second-order valence-electron chi connectivity index (χ2n) is 5.57. The van der Waals surface area contributed by atoms with E-state index in [-0.39, 0.29) is 5.56 Å². The molecule has 0 unspecified atom stereocenters. The molecule has 0 aliphatic heterocycles. The molecule has 1 rings (SSSR count). The van der Waals surface area contributed by atoms with E-state index < -0.39 is 23.4 Å². The number of hydrogen-bond donors (Lipinski definition) is 2. The van der Waals surface area contributed by atoms with Gasteiger partial charge in [-0.1, -0.05) is 20.8 Å². The van der Waals surface area contributed by atoms with Crippen molar-refractivity contribution in [2.75, 3.05) is 14.2 Å². The molecule has 0 fully saturated rings. The molecule has 0 amide bonds. The summed E-state index contributed by atoms with van der Waals surface area (Å²) in [5.41, 5.74) is 5.72. The minimum atomic E-state index is -0.875. The highest BCUT2D eigenvalue weighted by Gasteiger charge is 2.31. The van der Waals surface area contributed by atoms with Crippen LogP contribution in [0, 0.1) is 11.2 Å². The van der Waals surface area contributed by atoms with Crippen LogP contribution in [-0.2, 0) is 0 Å². The van der Waals surface area contributed by atoms with E-state index in [9.17, 15) is 9.50 Å². The van der Waals surface area contributed by atoms with Gasteiger partial charge in [0.25, 0.3) is 0 Å². The quantitative estimate of drug-likeness (QED) is 0.881. The fourth-order valence-corrected chi connectivity index (χ4v) is 1.83. The molecule has 1 aromatic carbocycles. The van der Waals surface area contributed by atoms with E-state index in [0.29, 0.717) is 11.5 Å². The van der Waals surface area contributed by atoms with Crippen LogP contribution in [0.15, 0.2) is 12.1 Å². The van der Waals surface area contributed by atoms with Gasteiger partial charge in [0.1, 0.15) is 5.82 Å². The highest BCUT2D eigenvalue weighted by atomic mass is 19.1. The number of hydrogen-bond acceptors (Lipinski definition) is 4. The fourth-order valence-electron chi connectivity index (χ4n) is 1.83. The smallest absolute Gasteiger partial charge is 0.163 e. The summed E-state index contributed by atoms with van der Waals surface area (Å²) < 4.78 is 24.2. The number of rotatable bonds is 4. The Hall–Kier alpha value is -1.33. The third kappa shape index (κ3) is 3.36. The minimum Gasteiger partial charge on any atom is -0.493 e. The first-order chi connectivity index (χ1) is 8.72. The Labute approximate surface area is 113 Å². The summed E-state index contributed by atoms with van der Waals surface area (Å²) in [5.74, 6) is 0.158. The maximum absolute atomic E-state index is 14.0. The number of halogens is 1. The average molecular weight is 271 g/mol. The fraction of sp³-hybridized carbons (Fsp3) is 0.571. The van der Waals surface area contributed by atoms with Gasteiger partial charge in [0.15, 0.2) is 11.5 Å². The predicted molar refractivity (Wildman–Crippen MR) is 71.9 cm³/mol. The molecule has 0 saturated heterocycles. The number of methoxy groups -OCH3 is 2. The van der Waals surface area contributed by atoms with Crippen LogP contribution < -0.4 is 15.2 Å². The summed E-state index contributed by atoms with van der Waals surface area (Å²) in [5, 5.41) is 10.2. The molecule has 4 nitrogen and oxygen atoms in total. The van der Waals surface area contributed by atoms with Crippen molar-refractivity contribution in [1.82, 2.24) is 0 Å². The molecule has 108 valence electrons. The van der Waals surface area contributed by atoms with Gasteiger partial charge in [0.05, 0.1) is 26.4 Å². The van der Waals surface area contributed by atoms with Crippen molar-refractivity contribution in [3.63, 3.8) is 0 Å². The van der Waals surface area contributed by atoms with E-state index in [1.807, 2.05) is 20.8 Å². The van der Waals surface area contributed by atoms with E-state index in [0.717, 1.165) is 0 Å². The lowest BCUT2D eigenvalue weighted by Gasteiger charge is -2.31. The third-order valence-corrected chi connectivity index (χ3v) is 3.09. The summed E-state index contributed by atoms with van der Waals surface area (Å²) in [7, 11) is 2.89. The third-order valence-electron chi connectivity index (χ3n) is 3.09. The van der Waals surface area contributed by atoms with Gasteiger partial charge in [-0.15, -0.1) is 0 Å². The maximum Gasteiger partial charge on any atom is 0.163 e. The van der Waals surface area contributed by atoms with Crippen LogP contribution in [0.4, 0.5) is 4.39 Å². The van der Waals surface area contributed by atoms with Gasteiger partial charge in [-0.05, 0) is 11.5 Å². The summed E-state index contributed by atoms with van der Waals surface area (Å²) in [6.07, 6.45) is -0.875. The van der Waals surface area contributed by atoms with Gasteiger partial charge < -0.3 is 20.3 Å². The number of aliphatic hydroxyl groups is 1. The topological polar surface area (TPSA) is 64.7 Å². The SMILES string of the molecule is COc1cc(F)c([C@H](N)[C@H](O)C(C)(C)C)cc1OC. The predicted octanol–water partition coefficient (Wildman–Crippen LogP) is 2.25. The second-order valence-corrected chi connectivity index (χ2v) is 5.57. The van der Waals surface area contributed by atoms with Crippen molar-refractivity contribution in [3.05, 3.63) is 23.5 Å². The minimum absolute atomic E-state index is 0.208. The molecule has 0 spiro atoms. The zero-order valence-electron chi connectivity index (χ0n) is 12.0. The maximum atomic E-state index is 14.0. The molecule has 2 atom stereocenters. The van der Waals surface area contributed by atoms with Crippen molar-refractivity contribution in [3.8, 4) is 11.5 Å². The molecule has 3 N–H and O–H groups in total. The van der Waals surface area contributed by atoms with E-state index in [4.69, 9.17) is 15.2 Å². The van der Waals surface area contributed by atoms with E-state index >= 15 is 0 Å². The van der Waals surface area contributed by atoms with Gasteiger partial charge >= 0.3 is 0 Å². The lowest BCUT2D eigenvalue weighted by molar-refractivity contribution is 0.0391. The highest BCUT2D eigenvalue weighted by molar-refractivity contribution is 5.45. The molecule has 0 bridgehead atoms. The lowest BCUT2D eigenvalue weighted by atomic mass is 9.82. The summed E-state index contributed by atoms with van der Waals surface area (Å²) in [6, 6.07) is 1.84. The van der Waals surface area contributed by atoms with Gasteiger partial charge in [0, 0.05) is 11.6 Å². The Morgan fingerprint density at radius 1 is 1.16 bits per heavy atom. The molecule has 19 heavy (non-hydrogen) atoms. The molecular weight excluding hydrogens is 249 g/mol. The summed E-state index contributed by atoms with van der Waals surface area (Å²) in [4.78, 5) is 0. The van der Waals surface area contributed by atoms with Gasteiger partial charge in [-0.3, -0.25) is 0 Å². The summed E-state index contributed by atoms with van der Waals surface area (Å²) >= 11 is 0. The molecule has 0 radical (unpaired) electrons. The second kappa shape index (κ2) is 5.75. The van der Waals surface area contributed by atoms with Crippen molar-refractivity contribution in [1.29, 1.82) is 0 Å². The van der Waals surface area contributed by atoms with Crippen LogP contribution in [-0.4, -0.2) is 25.4 Å². The van der Waals surface area contributed by atoms with Crippen LogP contribution in [0.3, 0.4) is 0 Å². The van der Waals surface area contributed by atoms with Gasteiger partial charge in [-0.25, -0.2) is 4.39 Å². The first-order valence-corrected chi connectivity index (χ1v) is 6.07. The molecule has 0 aliphatic carbocycles. The standard InChI is InChI=1S/C14H22FNO3/c1-14(2,3)13(17)12(16)8-6-10(18-4)11(19-5)7-9(8)15/h6-7,12-13,17H,16H2,1-5H3/t12-,13-/m0/s1. The van der Waals surface area contributed by atoms with Crippen molar-refractivity contribution < 1.29 is 19.0 Å². The first-order valence-electron chi connectivity index (χ1n) is 6.07.